The Morgan fingerprint density at radius 3 is 2.15 bits per heavy atom. The molecule has 0 aromatic heterocycles. The number of ether oxygens (including phenoxy) is 1. The second kappa shape index (κ2) is 8.03. The van der Waals surface area contributed by atoms with Gasteiger partial charge in [0, 0.05) is 12.1 Å². The van der Waals surface area contributed by atoms with Crippen molar-refractivity contribution in [1.82, 2.24) is 0 Å². The number of fused-ring (bicyclic) bond motifs is 1. The van der Waals surface area contributed by atoms with Crippen molar-refractivity contribution in [2.24, 2.45) is 5.92 Å². The van der Waals surface area contributed by atoms with Gasteiger partial charge in [-0.15, -0.1) is 0 Å². The molecule has 5 rings (SSSR count). The SMILES string of the molecule is COc1ccc([C@@H]2[C@@H]3C(=O)N(c4ccc([N+](=O)[O-])cc4)C(=O)[C@@H]3ON2c2ccccc2)cc1. The topological polar surface area (TPSA) is 102 Å². The number of benzene rings is 3. The Labute approximate surface area is 188 Å². The Balaban J connectivity index is 1.54. The third-order valence-electron chi connectivity index (χ3n) is 5.90. The predicted molar refractivity (Wildman–Crippen MR) is 119 cm³/mol. The Morgan fingerprint density at radius 2 is 1.55 bits per heavy atom. The van der Waals surface area contributed by atoms with Crippen LogP contribution in [-0.4, -0.2) is 30.0 Å². The number of nitro benzene ring substituents is 1. The lowest BCUT2D eigenvalue weighted by Crippen LogP contribution is -2.37. The van der Waals surface area contributed by atoms with Crippen molar-refractivity contribution < 1.29 is 24.1 Å². The number of amides is 2. The highest BCUT2D eigenvalue weighted by Gasteiger charge is 2.60. The van der Waals surface area contributed by atoms with Gasteiger partial charge in [-0.1, -0.05) is 30.3 Å². The molecule has 33 heavy (non-hydrogen) atoms. The Morgan fingerprint density at radius 1 is 0.879 bits per heavy atom. The largest absolute Gasteiger partial charge is 0.497 e. The Hall–Kier alpha value is -4.24. The molecule has 0 unspecified atom stereocenters. The van der Waals surface area contributed by atoms with Crippen LogP contribution in [0.5, 0.6) is 5.75 Å². The summed E-state index contributed by atoms with van der Waals surface area (Å²) in [6.07, 6.45) is -1.01. The van der Waals surface area contributed by atoms with Gasteiger partial charge in [-0.25, -0.2) is 9.96 Å². The van der Waals surface area contributed by atoms with E-state index in [4.69, 9.17) is 9.57 Å². The van der Waals surface area contributed by atoms with E-state index in [9.17, 15) is 19.7 Å². The number of rotatable bonds is 5. The van der Waals surface area contributed by atoms with Crippen molar-refractivity contribution in [3.63, 3.8) is 0 Å². The van der Waals surface area contributed by atoms with E-state index in [0.29, 0.717) is 5.75 Å². The van der Waals surface area contributed by atoms with Gasteiger partial charge in [0.25, 0.3) is 11.6 Å². The number of hydroxylamine groups is 1. The molecule has 3 aromatic carbocycles. The number of hydrogen-bond donors (Lipinski definition) is 0. The van der Waals surface area contributed by atoms with Gasteiger partial charge in [-0.3, -0.25) is 24.5 Å². The van der Waals surface area contributed by atoms with Gasteiger partial charge in [0.1, 0.15) is 11.7 Å². The zero-order chi connectivity index (χ0) is 23.1. The summed E-state index contributed by atoms with van der Waals surface area (Å²) in [6.45, 7) is 0. The highest BCUT2D eigenvalue weighted by molar-refractivity contribution is 6.23. The van der Waals surface area contributed by atoms with Crippen LogP contribution in [0.4, 0.5) is 17.1 Å². The minimum Gasteiger partial charge on any atom is -0.497 e. The number of carbonyl (C=O) groups excluding carboxylic acids is 2. The maximum absolute atomic E-state index is 13.5. The average Bonchev–Trinajstić information content (AvgIpc) is 3.35. The molecule has 166 valence electrons. The van der Waals surface area contributed by atoms with Crippen LogP contribution in [0.2, 0.25) is 0 Å². The Bertz CT molecular complexity index is 1210. The molecule has 3 aromatic rings. The van der Waals surface area contributed by atoms with Gasteiger partial charge in [0.2, 0.25) is 5.91 Å². The summed E-state index contributed by atoms with van der Waals surface area (Å²) in [7, 11) is 1.57. The minimum absolute atomic E-state index is 0.124. The predicted octanol–water partition coefficient (Wildman–Crippen LogP) is 3.65. The van der Waals surface area contributed by atoms with E-state index >= 15 is 0 Å². The Kier molecular flexibility index (Phi) is 5.02. The zero-order valence-corrected chi connectivity index (χ0v) is 17.5. The van der Waals surface area contributed by atoms with Gasteiger partial charge in [-0.05, 0) is 42.0 Å². The molecule has 0 N–H and O–H groups in total. The number of nitrogens with zero attached hydrogens (tertiary/aromatic N) is 3. The number of anilines is 2. The lowest BCUT2D eigenvalue weighted by molar-refractivity contribution is -0.384. The van der Waals surface area contributed by atoms with Crippen molar-refractivity contribution in [3.05, 3.63) is 94.5 Å². The molecule has 0 aliphatic carbocycles. The number of methoxy groups -OCH3 is 1. The quantitative estimate of drug-likeness (QED) is 0.336. The van der Waals surface area contributed by atoms with Crippen molar-refractivity contribution in [2.45, 2.75) is 12.1 Å². The standard InChI is InChI=1S/C24H19N3O6/c1-32-19-13-7-15(8-14-19)21-20-22(33-26(21)17-5-3-2-4-6-17)24(29)25(23(20)28)16-9-11-18(12-10-16)27(30)31/h2-14,20-22H,1H3/t20-,21+,22+/m0/s1. The van der Waals surface area contributed by atoms with Crippen LogP contribution in [-0.2, 0) is 14.4 Å². The fourth-order valence-electron chi connectivity index (χ4n) is 4.33. The van der Waals surface area contributed by atoms with Gasteiger partial charge in [0.05, 0.1) is 29.4 Å². The van der Waals surface area contributed by atoms with Crippen molar-refractivity contribution >= 4 is 28.9 Å². The maximum Gasteiger partial charge on any atom is 0.269 e. The van der Waals surface area contributed by atoms with Crippen molar-refractivity contribution in [3.8, 4) is 5.75 Å². The first-order chi connectivity index (χ1) is 16.0. The number of hydrogen-bond acceptors (Lipinski definition) is 7. The number of para-hydroxylation sites is 1. The molecule has 0 saturated carbocycles. The smallest absolute Gasteiger partial charge is 0.269 e. The molecular formula is C24H19N3O6. The van der Waals surface area contributed by atoms with E-state index in [0.717, 1.165) is 16.2 Å². The first kappa shape index (κ1) is 20.7. The average molecular weight is 445 g/mol. The second-order valence-corrected chi connectivity index (χ2v) is 7.72. The van der Waals surface area contributed by atoms with Gasteiger partial charge in [0.15, 0.2) is 6.10 Å². The molecule has 2 heterocycles. The van der Waals surface area contributed by atoms with Crippen LogP contribution in [0, 0.1) is 16.0 Å². The molecule has 2 aliphatic rings. The monoisotopic (exact) mass is 445 g/mol. The number of non-ortho nitro benzene ring substituents is 1. The van der Waals surface area contributed by atoms with Crippen molar-refractivity contribution in [1.29, 1.82) is 0 Å². The second-order valence-electron chi connectivity index (χ2n) is 7.72. The molecule has 9 nitrogen and oxygen atoms in total. The van der Waals surface area contributed by atoms with Crippen LogP contribution >= 0.6 is 0 Å². The van der Waals surface area contributed by atoms with Crippen LogP contribution in [0.1, 0.15) is 11.6 Å². The molecule has 9 heteroatoms. The number of imide groups is 1. The molecule has 0 bridgehead atoms. The lowest BCUT2D eigenvalue weighted by atomic mass is 9.90. The highest BCUT2D eigenvalue weighted by Crippen LogP contribution is 2.47. The molecular weight excluding hydrogens is 426 g/mol. The third-order valence-corrected chi connectivity index (χ3v) is 5.90. The summed E-state index contributed by atoms with van der Waals surface area (Å²) in [5.74, 6) is -1.04. The van der Waals surface area contributed by atoms with E-state index in [1.165, 1.54) is 24.3 Å². The summed E-state index contributed by atoms with van der Waals surface area (Å²) in [6, 6.07) is 21.3. The maximum atomic E-state index is 13.5. The fraction of sp³-hybridized carbons (Fsp3) is 0.167. The zero-order valence-electron chi connectivity index (χ0n) is 17.5. The van der Waals surface area contributed by atoms with E-state index in [1.807, 2.05) is 42.5 Å². The summed E-state index contributed by atoms with van der Waals surface area (Å²) >= 11 is 0. The highest BCUT2D eigenvalue weighted by atomic mass is 16.7. The van der Waals surface area contributed by atoms with E-state index in [2.05, 4.69) is 0 Å². The summed E-state index contributed by atoms with van der Waals surface area (Å²) in [5, 5.41) is 12.6. The summed E-state index contributed by atoms with van der Waals surface area (Å²) < 4.78 is 5.25. The molecule has 3 atom stereocenters. The van der Waals surface area contributed by atoms with E-state index in [1.54, 1.807) is 24.3 Å². The molecule has 2 fully saturated rings. The minimum atomic E-state index is -1.01. The van der Waals surface area contributed by atoms with Crippen molar-refractivity contribution in [2.75, 3.05) is 17.1 Å². The number of carbonyl (C=O) groups is 2. The van der Waals surface area contributed by atoms with E-state index in [-0.39, 0.29) is 11.4 Å². The molecule has 2 aliphatic heterocycles. The lowest BCUT2D eigenvalue weighted by Gasteiger charge is -2.28. The van der Waals surface area contributed by atoms with Crippen LogP contribution < -0.4 is 14.7 Å². The number of nitro groups is 1. The third kappa shape index (κ3) is 3.39. The molecule has 2 amide bonds. The van der Waals surface area contributed by atoms with Crippen LogP contribution in [0.3, 0.4) is 0 Å². The van der Waals surface area contributed by atoms with E-state index < -0.39 is 34.8 Å². The summed E-state index contributed by atoms with van der Waals surface area (Å²) in [5.41, 5.74) is 1.66. The van der Waals surface area contributed by atoms with Gasteiger partial charge in [-0.2, -0.15) is 0 Å². The first-order valence-corrected chi connectivity index (χ1v) is 10.3. The fourth-order valence-corrected chi connectivity index (χ4v) is 4.33. The van der Waals surface area contributed by atoms with Gasteiger partial charge < -0.3 is 4.74 Å². The van der Waals surface area contributed by atoms with Gasteiger partial charge >= 0.3 is 0 Å². The molecule has 2 saturated heterocycles. The first-order valence-electron chi connectivity index (χ1n) is 10.3. The van der Waals surface area contributed by atoms with Crippen LogP contribution in [0.25, 0.3) is 0 Å². The normalized spacial score (nSPS) is 21.9. The molecule has 0 spiro atoms. The summed E-state index contributed by atoms with van der Waals surface area (Å²) in [4.78, 5) is 44.4. The molecule has 0 radical (unpaired) electrons. The van der Waals surface area contributed by atoms with Crippen LogP contribution in [0.15, 0.2) is 78.9 Å².